The number of benzene rings is 2. The molecule has 4 nitrogen and oxygen atoms in total. The van der Waals surface area contributed by atoms with Crippen molar-refractivity contribution in [2.24, 2.45) is 5.92 Å². The van der Waals surface area contributed by atoms with Crippen molar-refractivity contribution in [1.82, 2.24) is 0 Å². The molecule has 0 N–H and O–H groups in total. The number of ether oxygens (including phenoxy) is 1. The first-order valence-electron chi connectivity index (χ1n) is 7.50. The molecular weight excluding hydrogens is 394 g/mol. The van der Waals surface area contributed by atoms with Gasteiger partial charge in [0.1, 0.15) is 6.61 Å². The normalized spacial score (nSPS) is 17.2. The van der Waals surface area contributed by atoms with Gasteiger partial charge in [-0.1, -0.05) is 45.7 Å². The van der Waals surface area contributed by atoms with Gasteiger partial charge in [-0.05, 0) is 35.9 Å². The summed E-state index contributed by atoms with van der Waals surface area (Å²) in [7, 11) is 0. The molecule has 1 heterocycles. The van der Waals surface area contributed by atoms with Crippen LogP contribution in [0.5, 0.6) is 0 Å². The van der Waals surface area contributed by atoms with Crippen molar-refractivity contribution in [1.29, 1.82) is 0 Å². The highest BCUT2D eigenvalue weighted by Crippen LogP contribution is 2.28. The van der Waals surface area contributed by atoms with Crippen LogP contribution in [-0.2, 0) is 20.9 Å². The minimum Gasteiger partial charge on any atom is -0.461 e. The number of carbonyl (C=O) groups is 2. The maximum absolute atomic E-state index is 12.2. The minimum absolute atomic E-state index is 0.0946. The summed E-state index contributed by atoms with van der Waals surface area (Å²) in [5.41, 5.74) is 1.61. The van der Waals surface area contributed by atoms with Crippen LogP contribution in [0.4, 0.5) is 5.69 Å². The van der Waals surface area contributed by atoms with Crippen LogP contribution in [0.25, 0.3) is 0 Å². The van der Waals surface area contributed by atoms with Crippen LogP contribution in [-0.4, -0.2) is 18.4 Å². The third-order valence-electron chi connectivity index (χ3n) is 3.87. The van der Waals surface area contributed by atoms with Gasteiger partial charge >= 0.3 is 5.97 Å². The van der Waals surface area contributed by atoms with E-state index in [2.05, 4.69) is 15.9 Å². The van der Waals surface area contributed by atoms with Crippen LogP contribution in [0.2, 0.25) is 5.02 Å². The number of hydrogen-bond donors (Lipinski definition) is 0. The number of rotatable bonds is 4. The molecule has 124 valence electrons. The Morgan fingerprint density at radius 1 is 1.25 bits per heavy atom. The third-order valence-corrected chi connectivity index (χ3v) is 4.64. The molecule has 24 heavy (non-hydrogen) atoms. The fraction of sp³-hybridized carbons (Fsp3) is 0.222. The maximum atomic E-state index is 12.2. The van der Waals surface area contributed by atoms with Crippen molar-refractivity contribution in [2.45, 2.75) is 13.0 Å². The molecule has 0 saturated carbocycles. The van der Waals surface area contributed by atoms with E-state index in [1.54, 1.807) is 29.2 Å². The lowest BCUT2D eigenvalue weighted by Crippen LogP contribution is -2.26. The molecule has 0 aromatic heterocycles. The van der Waals surface area contributed by atoms with Gasteiger partial charge in [-0.2, -0.15) is 0 Å². The van der Waals surface area contributed by atoms with E-state index in [1.165, 1.54) is 0 Å². The van der Waals surface area contributed by atoms with Gasteiger partial charge in [0.2, 0.25) is 5.91 Å². The molecule has 2 aromatic carbocycles. The second-order valence-corrected chi connectivity index (χ2v) is 6.97. The van der Waals surface area contributed by atoms with Crippen molar-refractivity contribution >= 4 is 45.1 Å². The third kappa shape index (κ3) is 3.97. The first kappa shape index (κ1) is 17.0. The molecule has 0 radical (unpaired) electrons. The van der Waals surface area contributed by atoms with E-state index in [-0.39, 0.29) is 24.9 Å². The summed E-state index contributed by atoms with van der Waals surface area (Å²) in [6.45, 7) is 0.520. The van der Waals surface area contributed by atoms with Crippen molar-refractivity contribution in [3.8, 4) is 0 Å². The Morgan fingerprint density at radius 2 is 2.00 bits per heavy atom. The molecule has 1 saturated heterocycles. The van der Waals surface area contributed by atoms with Gasteiger partial charge in [0.05, 0.1) is 5.92 Å². The molecule has 1 aliphatic rings. The Hall–Kier alpha value is -1.85. The summed E-state index contributed by atoms with van der Waals surface area (Å²) in [6.07, 6.45) is 0.158. The zero-order chi connectivity index (χ0) is 17.1. The lowest BCUT2D eigenvalue weighted by molar-refractivity contribution is -0.149. The SMILES string of the molecule is O=C(OCc1ccc(Br)cc1)C1CC(=O)N(c2cccc(Cl)c2)C1. The summed E-state index contributed by atoms with van der Waals surface area (Å²) in [6, 6.07) is 14.6. The molecule has 6 heteroatoms. The lowest BCUT2D eigenvalue weighted by atomic mass is 10.1. The molecule has 1 fully saturated rings. The van der Waals surface area contributed by atoms with Crippen LogP contribution >= 0.6 is 27.5 Å². The molecule has 1 amide bonds. The number of carbonyl (C=O) groups excluding carboxylic acids is 2. The highest BCUT2D eigenvalue weighted by Gasteiger charge is 2.36. The molecule has 0 bridgehead atoms. The van der Waals surface area contributed by atoms with Gasteiger partial charge in [0.15, 0.2) is 0 Å². The second-order valence-electron chi connectivity index (χ2n) is 5.62. The van der Waals surface area contributed by atoms with Crippen LogP contribution in [0.15, 0.2) is 53.0 Å². The quantitative estimate of drug-likeness (QED) is 0.712. The average molecular weight is 409 g/mol. The molecule has 0 aliphatic carbocycles. The van der Waals surface area contributed by atoms with E-state index >= 15 is 0 Å². The zero-order valence-electron chi connectivity index (χ0n) is 12.7. The topological polar surface area (TPSA) is 46.6 Å². The minimum atomic E-state index is -0.452. The van der Waals surface area contributed by atoms with E-state index in [1.807, 2.05) is 24.3 Å². The van der Waals surface area contributed by atoms with E-state index in [0.29, 0.717) is 17.3 Å². The fourth-order valence-corrected chi connectivity index (χ4v) is 3.06. The standard InChI is InChI=1S/C18H15BrClNO3/c19-14-6-4-12(5-7-14)11-24-18(23)13-8-17(22)21(10-13)16-3-1-2-15(20)9-16/h1-7,9,13H,8,10-11H2. The van der Waals surface area contributed by atoms with Gasteiger partial charge in [-0.3, -0.25) is 9.59 Å². The van der Waals surface area contributed by atoms with Crippen LogP contribution in [0.1, 0.15) is 12.0 Å². The second kappa shape index (κ2) is 7.36. The average Bonchev–Trinajstić information content (AvgIpc) is 2.96. The Balaban J connectivity index is 1.60. The predicted octanol–water partition coefficient (Wildman–Crippen LogP) is 4.20. The fourth-order valence-electron chi connectivity index (χ4n) is 2.61. The van der Waals surface area contributed by atoms with E-state index in [4.69, 9.17) is 16.3 Å². The number of nitrogens with zero attached hydrogens (tertiary/aromatic N) is 1. The Morgan fingerprint density at radius 3 is 2.71 bits per heavy atom. The number of halogens is 2. The summed E-state index contributed by atoms with van der Waals surface area (Å²) >= 11 is 9.33. The molecule has 1 unspecified atom stereocenters. The van der Waals surface area contributed by atoms with Crippen LogP contribution < -0.4 is 4.90 Å². The van der Waals surface area contributed by atoms with Crippen molar-refractivity contribution in [3.05, 3.63) is 63.6 Å². The highest BCUT2D eigenvalue weighted by molar-refractivity contribution is 9.10. The first-order valence-corrected chi connectivity index (χ1v) is 8.67. The molecule has 0 spiro atoms. The monoisotopic (exact) mass is 407 g/mol. The summed E-state index contributed by atoms with van der Waals surface area (Å²) in [5, 5.41) is 0.557. The van der Waals surface area contributed by atoms with Gasteiger partial charge < -0.3 is 9.64 Å². The molecule has 3 rings (SSSR count). The van der Waals surface area contributed by atoms with Gasteiger partial charge in [-0.25, -0.2) is 0 Å². The summed E-state index contributed by atoms with van der Waals surface area (Å²) in [4.78, 5) is 26.0. The summed E-state index contributed by atoms with van der Waals surface area (Å²) < 4.78 is 6.32. The van der Waals surface area contributed by atoms with E-state index in [0.717, 1.165) is 10.0 Å². The molecule has 1 aliphatic heterocycles. The first-order chi connectivity index (χ1) is 11.5. The highest BCUT2D eigenvalue weighted by atomic mass is 79.9. The van der Waals surface area contributed by atoms with Crippen LogP contribution in [0.3, 0.4) is 0 Å². The Labute approximate surface area is 153 Å². The smallest absolute Gasteiger partial charge is 0.311 e. The molecule has 2 aromatic rings. The van der Waals surface area contributed by atoms with E-state index < -0.39 is 5.92 Å². The van der Waals surface area contributed by atoms with Gasteiger partial charge in [-0.15, -0.1) is 0 Å². The zero-order valence-corrected chi connectivity index (χ0v) is 15.1. The Kier molecular flexibility index (Phi) is 5.21. The maximum Gasteiger partial charge on any atom is 0.311 e. The van der Waals surface area contributed by atoms with Crippen molar-refractivity contribution in [2.75, 3.05) is 11.4 Å². The Bertz CT molecular complexity index is 763. The number of amides is 1. The van der Waals surface area contributed by atoms with Crippen molar-refractivity contribution in [3.63, 3.8) is 0 Å². The largest absolute Gasteiger partial charge is 0.461 e. The number of anilines is 1. The summed E-state index contributed by atoms with van der Waals surface area (Å²) in [5.74, 6) is -0.898. The number of hydrogen-bond acceptors (Lipinski definition) is 3. The molecule has 1 atom stereocenters. The van der Waals surface area contributed by atoms with Gasteiger partial charge in [0, 0.05) is 28.1 Å². The lowest BCUT2D eigenvalue weighted by Gasteiger charge is -2.16. The van der Waals surface area contributed by atoms with E-state index in [9.17, 15) is 9.59 Å². The van der Waals surface area contributed by atoms with Gasteiger partial charge in [0.25, 0.3) is 0 Å². The molecular formula is C18H15BrClNO3. The number of esters is 1. The predicted molar refractivity (Wildman–Crippen MR) is 95.9 cm³/mol. The van der Waals surface area contributed by atoms with Crippen LogP contribution in [0, 0.1) is 5.92 Å². The van der Waals surface area contributed by atoms with Crippen molar-refractivity contribution < 1.29 is 14.3 Å².